The summed E-state index contributed by atoms with van der Waals surface area (Å²) in [5.74, 6) is 2.15. The Kier molecular flexibility index (Phi) is 33.2. The van der Waals surface area contributed by atoms with E-state index in [2.05, 4.69) is 50.8 Å². The molecule has 33 heteroatoms. The van der Waals surface area contributed by atoms with E-state index in [4.69, 9.17) is 38.3 Å². The van der Waals surface area contributed by atoms with E-state index in [9.17, 15) is 74.3 Å². The van der Waals surface area contributed by atoms with E-state index in [0.29, 0.717) is 74.7 Å². The molecule has 2 N–H and O–H groups in total. The number of ether oxygens (including phenoxy) is 11. The molecule has 0 fully saturated rings. The number of carbonyl (C=O) groups excluding carboxylic acids is 6. The molecule has 0 aliphatic heterocycles. The highest BCUT2D eigenvalue weighted by atomic mass is 79.9. The Hall–Kier alpha value is -12.1. The van der Waals surface area contributed by atoms with Gasteiger partial charge in [0, 0.05) is 65.0 Å². The Morgan fingerprint density at radius 1 is 0.386 bits per heavy atom. The predicted molar refractivity (Wildman–Crippen MR) is 366 cm³/mol. The van der Waals surface area contributed by atoms with Crippen LogP contribution in [0.3, 0.4) is 0 Å². The van der Waals surface area contributed by atoms with Crippen LogP contribution in [0.1, 0.15) is 54.1 Å². The third kappa shape index (κ3) is 25.4. The van der Waals surface area contributed by atoms with Gasteiger partial charge in [0.15, 0.2) is 47.1 Å². The number of aliphatic hydroxyl groups is 1. The van der Waals surface area contributed by atoms with Crippen molar-refractivity contribution in [2.75, 3.05) is 56.9 Å². The van der Waals surface area contributed by atoms with Crippen LogP contribution in [-0.4, -0.2) is 123 Å². The van der Waals surface area contributed by atoms with E-state index in [-0.39, 0.29) is 100 Å². The summed E-state index contributed by atoms with van der Waals surface area (Å²) in [4.78, 5) is 107. The van der Waals surface area contributed by atoms with E-state index in [1.807, 2.05) is 18.2 Å². The van der Waals surface area contributed by atoms with Crippen LogP contribution in [0.2, 0.25) is 0 Å². The highest BCUT2D eigenvalue weighted by Crippen LogP contribution is 2.39. The number of non-ortho nitro benzene ring substituents is 4. The third-order valence-corrected chi connectivity index (χ3v) is 14.6. The highest BCUT2D eigenvalue weighted by Gasteiger charge is 2.20. The van der Waals surface area contributed by atoms with Crippen LogP contribution in [0, 0.1) is 40.5 Å². The highest BCUT2D eigenvalue weighted by molar-refractivity contribution is 9.10. The molecule has 31 nitrogen and oxygen atoms in total. The molecule has 0 aromatic heterocycles. The Labute approximate surface area is 591 Å². The van der Waals surface area contributed by atoms with Crippen molar-refractivity contribution in [3.63, 3.8) is 0 Å². The van der Waals surface area contributed by atoms with Crippen molar-refractivity contribution in [3.8, 4) is 63.2 Å². The Morgan fingerprint density at radius 2 is 0.683 bits per heavy atom. The van der Waals surface area contributed by atoms with Crippen LogP contribution in [0.15, 0.2) is 150 Å². The minimum Gasteiger partial charge on any atom is -0.507 e. The molecule has 0 saturated heterocycles. The second-order valence-corrected chi connectivity index (χ2v) is 21.3. The number of aromatic hydroxyl groups is 1. The lowest BCUT2D eigenvalue weighted by atomic mass is 10.1. The standard InChI is InChI=1S/C17H16BrNO6.C17H17NO7.C17H15NO7.C10H11BrO3.C7H5NO4/c1-23-15-5-3-11(8-17(20)24-2)7-16(15)25-14-6-4-13(19(21)22)9-12(14)10-18;2*1-23-15-5-3-11(8-17(20)24-2)7-16(15)25-14-6-4-13(18(21)22)9-12(14)10-19;1-13-9-4-3-7(5-8(9)11)6-10(12)14-2;9-4-5-3-6(8(11)12)1-2-7(5)10/h3-7,9H,8,10H2,1-2H3;3-7,9,19H,8,10H2,1-2H3;3-7,9-10H,8H2,1-2H3;3-5H,6H2,1-2H3;1-4,10H. The summed E-state index contributed by atoms with van der Waals surface area (Å²) in [5.41, 5.74) is 3.08. The average molecular weight is 1530 g/mol. The van der Waals surface area contributed by atoms with Crippen LogP contribution < -0.4 is 33.2 Å². The molecule has 0 aliphatic rings. The van der Waals surface area contributed by atoms with E-state index in [0.717, 1.165) is 40.1 Å². The number of nitro groups is 4. The summed E-state index contributed by atoms with van der Waals surface area (Å²) in [6.07, 6.45) is 1.30. The second kappa shape index (κ2) is 41.2. The van der Waals surface area contributed by atoms with Gasteiger partial charge in [0.2, 0.25) is 0 Å². The van der Waals surface area contributed by atoms with Gasteiger partial charge in [-0.15, -0.1) is 0 Å². The predicted octanol–water partition coefficient (Wildman–Crippen LogP) is 12.8. The van der Waals surface area contributed by atoms with E-state index in [1.54, 1.807) is 61.7 Å². The van der Waals surface area contributed by atoms with Crippen molar-refractivity contribution in [2.45, 2.75) is 37.6 Å². The SMILES string of the molecule is COC(=O)Cc1ccc(OC)c(Br)c1.COC(=O)Cc1ccc(OC)c(Oc2ccc([N+](=O)[O-])cc2C=O)c1.COC(=O)Cc1ccc(OC)c(Oc2ccc([N+](=O)[O-])cc2CBr)c1.COC(=O)Cc1ccc(OC)c(Oc2ccc([N+](=O)[O-])cc2CO)c1.O=Cc1cc([N+](=O)[O-])ccc1O. The zero-order valence-corrected chi connectivity index (χ0v) is 58.1. The van der Waals surface area contributed by atoms with Crippen LogP contribution in [-0.2, 0) is 75.7 Å². The number of alkyl halides is 1. The summed E-state index contributed by atoms with van der Waals surface area (Å²) in [6.45, 7) is -0.429. The number of hydrogen-bond acceptors (Lipinski definition) is 27. The maximum atomic E-state index is 11.4. The molecule has 0 spiro atoms. The lowest BCUT2D eigenvalue weighted by Crippen LogP contribution is -2.05. The van der Waals surface area contributed by atoms with Crippen molar-refractivity contribution in [3.05, 3.63) is 235 Å². The number of aliphatic hydroxyl groups excluding tert-OH is 1. The Bertz CT molecular complexity index is 4150. The van der Waals surface area contributed by atoms with Crippen LogP contribution in [0.25, 0.3) is 0 Å². The molecule has 0 unspecified atom stereocenters. The molecule has 0 saturated carbocycles. The summed E-state index contributed by atoms with van der Waals surface area (Å²) in [5, 5.41) is 61.5. The number of rotatable bonds is 26. The van der Waals surface area contributed by atoms with Gasteiger partial charge in [-0.3, -0.25) is 69.2 Å². The Morgan fingerprint density at radius 3 is 1.01 bits per heavy atom. The molecule has 8 aromatic rings. The number of esters is 4. The van der Waals surface area contributed by atoms with Gasteiger partial charge in [-0.05, 0) is 111 Å². The molecule has 0 bridgehead atoms. The van der Waals surface area contributed by atoms with Crippen molar-refractivity contribution in [1.82, 2.24) is 0 Å². The number of nitrogens with zero attached hydrogens (tertiary/aromatic N) is 4. The number of benzene rings is 8. The normalized spacial score (nSPS) is 9.97. The molecule has 532 valence electrons. The number of hydrogen-bond donors (Lipinski definition) is 2. The Balaban J connectivity index is 0.000000275. The number of halogens is 2. The van der Waals surface area contributed by atoms with Crippen molar-refractivity contribution < 1.29 is 111 Å². The summed E-state index contributed by atoms with van der Waals surface area (Å²) < 4.78 is 57.4. The monoisotopic (exact) mass is 1530 g/mol. The van der Waals surface area contributed by atoms with Gasteiger partial charge >= 0.3 is 23.9 Å². The fraction of sp³-hybridized carbons (Fsp3) is 0.206. The smallest absolute Gasteiger partial charge is 0.309 e. The lowest BCUT2D eigenvalue weighted by Gasteiger charge is -2.14. The van der Waals surface area contributed by atoms with Gasteiger partial charge in [-0.25, -0.2) is 0 Å². The number of nitro benzene ring substituents is 4. The van der Waals surface area contributed by atoms with E-state index in [1.165, 1.54) is 98.3 Å². The summed E-state index contributed by atoms with van der Waals surface area (Å²) in [7, 11) is 11.3. The fourth-order valence-electron chi connectivity index (χ4n) is 8.23. The first-order chi connectivity index (χ1) is 48.2. The number of phenols is 1. The van der Waals surface area contributed by atoms with Crippen molar-refractivity contribution in [2.24, 2.45) is 0 Å². The van der Waals surface area contributed by atoms with Crippen LogP contribution in [0.4, 0.5) is 22.7 Å². The second-order valence-electron chi connectivity index (χ2n) is 19.8. The molecular formula is C68H64Br2N4O27. The maximum Gasteiger partial charge on any atom is 0.309 e. The quantitative estimate of drug-likeness (QED) is 0.0127. The maximum absolute atomic E-state index is 11.4. The molecule has 0 atom stereocenters. The first-order valence-corrected chi connectivity index (χ1v) is 30.7. The van der Waals surface area contributed by atoms with Gasteiger partial charge in [0.25, 0.3) is 22.7 Å². The zero-order chi connectivity index (χ0) is 74.9. The lowest BCUT2D eigenvalue weighted by molar-refractivity contribution is -0.385. The molecule has 8 rings (SSSR count). The molecule has 0 amide bonds. The molecule has 0 heterocycles. The first-order valence-electron chi connectivity index (χ1n) is 28.8. The van der Waals surface area contributed by atoms with Crippen LogP contribution >= 0.6 is 31.9 Å². The summed E-state index contributed by atoms with van der Waals surface area (Å²) in [6, 6.07) is 35.6. The molecule has 0 radical (unpaired) electrons. The van der Waals surface area contributed by atoms with Crippen molar-refractivity contribution in [1.29, 1.82) is 0 Å². The number of carbonyl (C=O) groups is 6. The number of phenolic OH excluding ortho intramolecular Hbond substituents is 1. The molecule has 8 aromatic carbocycles. The third-order valence-electron chi connectivity index (χ3n) is 13.4. The van der Waals surface area contributed by atoms with E-state index >= 15 is 0 Å². The fourth-order valence-corrected chi connectivity index (χ4v) is 9.26. The minimum atomic E-state index is -0.633. The molecule has 0 aliphatic carbocycles. The topological polar surface area (TPSA) is 417 Å². The van der Waals surface area contributed by atoms with Gasteiger partial charge in [0.05, 0.1) is 124 Å². The van der Waals surface area contributed by atoms with Gasteiger partial charge in [-0.1, -0.05) is 40.2 Å². The first kappa shape index (κ1) is 81.3. The molecule has 101 heavy (non-hydrogen) atoms. The number of aldehydes is 2. The largest absolute Gasteiger partial charge is 0.507 e. The van der Waals surface area contributed by atoms with Gasteiger partial charge in [0.1, 0.15) is 28.7 Å². The average Bonchev–Trinajstić information content (AvgIpc) is 0.835. The van der Waals surface area contributed by atoms with E-state index < -0.39 is 38.2 Å². The zero-order valence-electron chi connectivity index (χ0n) is 54.9. The minimum absolute atomic E-state index is 0.0202. The van der Waals surface area contributed by atoms with Crippen LogP contribution in [0.5, 0.6) is 63.2 Å². The van der Waals surface area contributed by atoms with Gasteiger partial charge < -0.3 is 62.3 Å². The molecular weight excluding hydrogens is 1460 g/mol. The van der Waals surface area contributed by atoms with Crippen molar-refractivity contribution >= 4 is 91.1 Å². The number of methoxy groups -OCH3 is 8. The summed E-state index contributed by atoms with van der Waals surface area (Å²) >= 11 is 6.64. The van der Waals surface area contributed by atoms with Gasteiger partial charge in [-0.2, -0.15) is 0 Å².